The molecule has 9 heteroatoms. The molecule has 3 aromatic carbocycles. The van der Waals surface area contributed by atoms with Crippen molar-refractivity contribution in [2.75, 3.05) is 30.9 Å². The fourth-order valence-electron chi connectivity index (χ4n) is 5.12. The first-order valence-corrected chi connectivity index (χ1v) is 15.9. The van der Waals surface area contributed by atoms with Gasteiger partial charge in [0.25, 0.3) is 5.56 Å². The number of hydrogen-bond acceptors (Lipinski definition) is 8. The van der Waals surface area contributed by atoms with Gasteiger partial charge in [0.15, 0.2) is 4.80 Å². The van der Waals surface area contributed by atoms with Crippen LogP contribution in [0.25, 0.3) is 11.8 Å². The number of thioether (sulfide) groups is 1. The van der Waals surface area contributed by atoms with Gasteiger partial charge in [-0.1, -0.05) is 53.8 Å². The summed E-state index contributed by atoms with van der Waals surface area (Å²) in [6, 6.07) is 22.1. The second-order valence-electron chi connectivity index (χ2n) is 9.62. The number of carbonyl (C=O) groups excluding carboxylic acids is 1. The van der Waals surface area contributed by atoms with Crippen LogP contribution in [0.1, 0.15) is 43.5 Å². The summed E-state index contributed by atoms with van der Waals surface area (Å²) in [6.07, 6.45) is 3.69. The number of esters is 1. The number of ether oxygens (including phenoxy) is 1. The molecule has 0 bridgehead atoms. The zero-order valence-corrected chi connectivity index (χ0v) is 25.7. The minimum absolute atomic E-state index is 0.0895. The summed E-state index contributed by atoms with van der Waals surface area (Å²) in [5.74, 6) is -0.426. The summed E-state index contributed by atoms with van der Waals surface area (Å²) in [7, 11) is 0. The summed E-state index contributed by atoms with van der Waals surface area (Å²) in [6.45, 7) is 7.71. The van der Waals surface area contributed by atoms with Gasteiger partial charge in [-0.05, 0) is 62.9 Å². The van der Waals surface area contributed by atoms with E-state index in [9.17, 15) is 14.7 Å². The van der Waals surface area contributed by atoms with Crippen LogP contribution in [0.2, 0.25) is 0 Å². The van der Waals surface area contributed by atoms with Crippen LogP contribution in [0.3, 0.4) is 0 Å². The summed E-state index contributed by atoms with van der Waals surface area (Å²) < 4.78 is 7.51. The van der Waals surface area contributed by atoms with Gasteiger partial charge < -0.3 is 14.7 Å². The summed E-state index contributed by atoms with van der Waals surface area (Å²) >= 11 is 2.85. The highest BCUT2D eigenvalue weighted by Gasteiger charge is 2.35. The molecule has 4 aromatic rings. The van der Waals surface area contributed by atoms with E-state index >= 15 is 0 Å². The number of benzene rings is 3. The van der Waals surface area contributed by atoms with E-state index in [0.717, 1.165) is 34.8 Å². The van der Waals surface area contributed by atoms with Crippen LogP contribution in [-0.2, 0) is 9.53 Å². The van der Waals surface area contributed by atoms with E-state index in [1.807, 2.05) is 73.0 Å². The third-order valence-electron chi connectivity index (χ3n) is 7.23. The smallest absolute Gasteiger partial charge is 0.338 e. The maximum Gasteiger partial charge on any atom is 0.338 e. The number of phenols is 1. The number of phenolic OH excluding ortho intramolecular Hbond substituents is 1. The average Bonchev–Trinajstić information content (AvgIpc) is 3.33. The Balaban J connectivity index is 1.75. The Hall–Kier alpha value is -4.08. The molecule has 0 radical (unpaired) electrons. The van der Waals surface area contributed by atoms with Gasteiger partial charge >= 0.3 is 5.97 Å². The van der Waals surface area contributed by atoms with Crippen LogP contribution in [-0.4, -0.2) is 41.6 Å². The maximum atomic E-state index is 14.1. The predicted octanol–water partition coefficient (Wildman–Crippen LogP) is 5.21. The number of rotatable bonds is 9. The summed E-state index contributed by atoms with van der Waals surface area (Å²) in [5.41, 5.74) is 3.48. The predicted molar refractivity (Wildman–Crippen MR) is 171 cm³/mol. The third-order valence-corrected chi connectivity index (χ3v) is 8.96. The molecular weight excluding hydrogens is 567 g/mol. The quantitative estimate of drug-likeness (QED) is 0.210. The Morgan fingerprint density at radius 1 is 1.07 bits per heavy atom. The Morgan fingerprint density at radius 2 is 1.79 bits per heavy atom. The van der Waals surface area contributed by atoms with Crippen molar-refractivity contribution in [1.29, 1.82) is 0 Å². The van der Waals surface area contributed by atoms with Crippen LogP contribution in [0.15, 0.2) is 93.1 Å². The van der Waals surface area contributed by atoms with Crippen molar-refractivity contribution < 1.29 is 14.6 Å². The summed E-state index contributed by atoms with van der Waals surface area (Å²) in [4.78, 5) is 36.2. The van der Waals surface area contributed by atoms with Gasteiger partial charge in [0.1, 0.15) is 5.75 Å². The Morgan fingerprint density at radius 3 is 2.40 bits per heavy atom. The monoisotopic (exact) mass is 599 g/mol. The van der Waals surface area contributed by atoms with Crippen molar-refractivity contribution in [2.24, 2.45) is 4.99 Å². The number of hydrogen-bond donors (Lipinski definition) is 1. The lowest BCUT2D eigenvalue weighted by Crippen LogP contribution is -2.40. The molecule has 1 aliphatic rings. The first kappa shape index (κ1) is 29.4. The van der Waals surface area contributed by atoms with Crippen molar-refractivity contribution in [1.82, 2.24) is 4.57 Å². The Bertz CT molecular complexity index is 1800. The number of carbonyl (C=O) groups is 1. The Labute approximate surface area is 253 Å². The average molecular weight is 600 g/mol. The molecule has 0 amide bonds. The van der Waals surface area contributed by atoms with E-state index in [1.54, 1.807) is 35.4 Å². The molecule has 1 N–H and O–H groups in total. The lowest BCUT2D eigenvalue weighted by atomic mass is 9.93. The van der Waals surface area contributed by atoms with E-state index in [4.69, 9.17) is 9.73 Å². The van der Waals surface area contributed by atoms with Crippen LogP contribution < -0.4 is 19.8 Å². The number of aromatic nitrogens is 1. The molecule has 42 heavy (non-hydrogen) atoms. The molecule has 0 saturated heterocycles. The van der Waals surface area contributed by atoms with E-state index < -0.39 is 12.0 Å². The number of nitrogens with zero attached hydrogens (tertiary/aromatic N) is 3. The molecule has 0 aliphatic carbocycles. The number of fused-ring (bicyclic) bond motifs is 1. The molecule has 216 valence electrons. The number of thiazole rings is 1. The van der Waals surface area contributed by atoms with Crippen LogP contribution >= 0.6 is 23.1 Å². The molecule has 1 aliphatic heterocycles. The van der Waals surface area contributed by atoms with Crippen molar-refractivity contribution >= 4 is 46.5 Å². The molecule has 0 unspecified atom stereocenters. The zero-order valence-electron chi connectivity index (χ0n) is 24.0. The molecule has 5 rings (SSSR count). The van der Waals surface area contributed by atoms with Gasteiger partial charge in [-0.25, -0.2) is 9.79 Å². The minimum atomic E-state index is -0.743. The van der Waals surface area contributed by atoms with Crippen LogP contribution in [0.4, 0.5) is 5.69 Å². The third kappa shape index (κ3) is 5.67. The van der Waals surface area contributed by atoms with Gasteiger partial charge in [-0.3, -0.25) is 9.36 Å². The molecule has 7 nitrogen and oxygen atoms in total. The topological polar surface area (TPSA) is 84.1 Å². The molecule has 2 heterocycles. The van der Waals surface area contributed by atoms with Crippen molar-refractivity contribution in [3.63, 3.8) is 0 Å². The normalized spacial score (nSPS) is 14.9. The number of aromatic hydroxyl groups is 1. The first-order valence-electron chi connectivity index (χ1n) is 13.9. The molecule has 0 fully saturated rings. The van der Waals surface area contributed by atoms with E-state index in [1.165, 1.54) is 11.3 Å². The van der Waals surface area contributed by atoms with Gasteiger partial charge in [0.2, 0.25) is 0 Å². The van der Waals surface area contributed by atoms with Crippen LogP contribution in [0, 0.1) is 0 Å². The van der Waals surface area contributed by atoms with Gasteiger partial charge in [-0.15, -0.1) is 11.8 Å². The van der Waals surface area contributed by atoms with Gasteiger partial charge in [0, 0.05) is 40.9 Å². The molecular formula is C33H33N3O4S2. The lowest BCUT2D eigenvalue weighted by molar-refractivity contribution is -0.138. The Kier molecular flexibility index (Phi) is 8.99. The van der Waals surface area contributed by atoms with Gasteiger partial charge in [0.05, 0.1) is 28.5 Å². The fourth-order valence-corrected chi connectivity index (χ4v) is 6.52. The van der Waals surface area contributed by atoms with E-state index in [-0.39, 0.29) is 17.9 Å². The zero-order chi connectivity index (χ0) is 29.8. The SMILES string of the molecule is CCOC(=O)C1=C(c2ccccc2)N=c2s/c(=C/c3ccc(N(CC)CC)cc3O)c(=O)n2[C@H]1c1ccc(SC)cc1. The van der Waals surface area contributed by atoms with Crippen molar-refractivity contribution in [3.05, 3.63) is 115 Å². The molecule has 0 spiro atoms. The molecule has 0 saturated carbocycles. The fraction of sp³-hybridized carbons (Fsp3) is 0.242. The number of anilines is 1. The van der Waals surface area contributed by atoms with Gasteiger partial charge in [-0.2, -0.15) is 0 Å². The highest BCUT2D eigenvalue weighted by molar-refractivity contribution is 7.98. The second-order valence-corrected chi connectivity index (χ2v) is 11.5. The van der Waals surface area contributed by atoms with E-state index in [0.29, 0.717) is 26.2 Å². The van der Waals surface area contributed by atoms with Crippen molar-refractivity contribution in [3.8, 4) is 5.75 Å². The van der Waals surface area contributed by atoms with E-state index in [2.05, 4.69) is 18.7 Å². The molecule has 1 atom stereocenters. The lowest BCUT2D eigenvalue weighted by Gasteiger charge is -2.26. The van der Waals surface area contributed by atoms with Crippen molar-refractivity contribution in [2.45, 2.75) is 31.7 Å². The second kappa shape index (κ2) is 12.8. The largest absolute Gasteiger partial charge is 0.507 e. The highest BCUT2D eigenvalue weighted by atomic mass is 32.2. The molecule has 1 aromatic heterocycles. The minimum Gasteiger partial charge on any atom is -0.507 e. The maximum absolute atomic E-state index is 14.1. The first-order chi connectivity index (χ1) is 20.4. The summed E-state index contributed by atoms with van der Waals surface area (Å²) in [5, 5.41) is 10.9. The highest BCUT2D eigenvalue weighted by Crippen LogP contribution is 2.35. The standard InChI is InChI=1S/C33H33N3O4S2/c1-5-35(6-2)24-16-13-23(26(37)20-24)19-27-31(38)36-30(22-14-17-25(41-4)18-15-22)28(32(39)40-7-3)29(34-33(36)42-27)21-11-9-8-10-12-21/h8-20,30,37H,5-7H2,1-4H3/b27-19+/t30-/m0/s1. The van der Waals surface area contributed by atoms with Crippen LogP contribution in [0.5, 0.6) is 5.75 Å².